The second kappa shape index (κ2) is 10.5. The molecule has 5 unspecified atom stereocenters. The van der Waals surface area contributed by atoms with Crippen LogP contribution in [0.4, 0.5) is 4.79 Å². The fraction of sp³-hybridized carbons (Fsp3) is 0.821. The van der Waals surface area contributed by atoms with Crippen LogP contribution in [0.3, 0.4) is 0 Å². The SMILES string of the molecule is COC(=O)C(=O)C(CC1CC1)NC(=O)C1C2C(CN1C(=O)C(NC(=O)OC(C)(C)C)C1CCCC1)C2(C)C. The fourth-order valence-corrected chi connectivity index (χ4v) is 6.52. The third-order valence-corrected chi connectivity index (χ3v) is 8.86. The van der Waals surface area contributed by atoms with Crippen molar-refractivity contribution in [3.63, 3.8) is 0 Å². The number of ether oxygens (including phenoxy) is 2. The number of methoxy groups -OCH3 is 1. The molecule has 0 aromatic heterocycles. The first-order valence-corrected chi connectivity index (χ1v) is 14.0. The monoisotopic (exact) mass is 533 g/mol. The summed E-state index contributed by atoms with van der Waals surface area (Å²) in [6.45, 7) is 9.87. The van der Waals surface area contributed by atoms with Gasteiger partial charge >= 0.3 is 12.1 Å². The smallest absolute Gasteiger partial charge is 0.408 e. The molecule has 0 bridgehead atoms. The Morgan fingerprint density at radius 1 is 1.00 bits per heavy atom. The quantitative estimate of drug-likeness (QED) is 0.344. The number of rotatable bonds is 9. The number of hydrogen-bond acceptors (Lipinski definition) is 7. The molecule has 4 fully saturated rings. The molecule has 1 heterocycles. The van der Waals surface area contributed by atoms with Gasteiger partial charge in [0.25, 0.3) is 5.78 Å². The number of Topliss-reactive ketones (excluding diaryl/α,β-unsaturated/α-hetero) is 1. The van der Waals surface area contributed by atoms with E-state index in [1.807, 2.05) is 0 Å². The number of amides is 3. The summed E-state index contributed by atoms with van der Waals surface area (Å²) in [5.74, 6) is -2.14. The average Bonchev–Trinajstić information content (AvgIpc) is 3.53. The maximum absolute atomic E-state index is 14.0. The van der Waals surface area contributed by atoms with Crippen molar-refractivity contribution < 1.29 is 33.4 Å². The van der Waals surface area contributed by atoms with E-state index in [0.717, 1.165) is 45.6 Å². The van der Waals surface area contributed by atoms with E-state index in [9.17, 15) is 24.0 Å². The van der Waals surface area contributed by atoms with Gasteiger partial charge in [0.05, 0.1) is 13.2 Å². The number of carbonyl (C=O) groups is 5. The van der Waals surface area contributed by atoms with E-state index in [0.29, 0.717) is 13.0 Å². The molecule has 0 aromatic carbocycles. The number of fused-ring (bicyclic) bond motifs is 1. The predicted molar refractivity (Wildman–Crippen MR) is 138 cm³/mol. The summed E-state index contributed by atoms with van der Waals surface area (Å²) in [4.78, 5) is 66.8. The van der Waals surface area contributed by atoms with Gasteiger partial charge in [-0.25, -0.2) is 9.59 Å². The zero-order valence-electron chi connectivity index (χ0n) is 23.5. The highest BCUT2D eigenvalue weighted by atomic mass is 16.6. The molecule has 3 aliphatic carbocycles. The minimum atomic E-state index is -0.984. The Morgan fingerprint density at radius 2 is 1.63 bits per heavy atom. The molecule has 3 amide bonds. The molecule has 5 atom stereocenters. The van der Waals surface area contributed by atoms with Gasteiger partial charge in [-0.3, -0.25) is 14.4 Å². The van der Waals surface area contributed by atoms with Crippen molar-refractivity contribution in [3.05, 3.63) is 0 Å². The van der Waals surface area contributed by atoms with E-state index >= 15 is 0 Å². The lowest BCUT2D eigenvalue weighted by atomic mass is 9.94. The summed E-state index contributed by atoms with van der Waals surface area (Å²) in [5, 5.41) is 5.63. The molecule has 212 valence electrons. The van der Waals surface area contributed by atoms with Crippen LogP contribution in [-0.4, -0.2) is 71.9 Å². The van der Waals surface area contributed by atoms with Gasteiger partial charge in [-0.05, 0) is 69.1 Å². The number of carbonyl (C=O) groups excluding carboxylic acids is 5. The minimum Gasteiger partial charge on any atom is -0.463 e. The van der Waals surface area contributed by atoms with Crippen LogP contribution in [0.2, 0.25) is 0 Å². The highest BCUT2D eigenvalue weighted by Gasteiger charge is 2.69. The lowest BCUT2D eigenvalue weighted by Crippen LogP contribution is -2.59. The largest absolute Gasteiger partial charge is 0.463 e. The Morgan fingerprint density at radius 3 is 2.18 bits per heavy atom. The van der Waals surface area contributed by atoms with Gasteiger partial charge in [-0.1, -0.05) is 39.5 Å². The van der Waals surface area contributed by atoms with Crippen LogP contribution in [0.1, 0.15) is 79.6 Å². The van der Waals surface area contributed by atoms with Crippen molar-refractivity contribution in [2.75, 3.05) is 13.7 Å². The van der Waals surface area contributed by atoms with Gasteiger partial charge in [0, 0.05) is 6.54 Å². The Hall–Kier alpha value is -2.65. The summed E-state index contributed by atoms with van der Waals surface area (Å²) in [7, 11) is 1.14. The van der Waals surface area contributed by atoms with Gasteiger partial charge in [0.2, 0.25) is 11.8 Å². The number of likely N-dealkylation sites (tertiary alicyclic amines) is 1. The number of esters is 1. The summed E-state index contributed by atoms with van der Waals surface area (Å²) in [6, 6.07) is -2.55. The highest BCUT2D eigenvalue weighted by Crippen LogP contribution is 2.65. The molecule has 10 nitrogen and oxygen atoms in total. The first-order valence-electron chi connectivity index (χ1n) is 14.0. The fourth-order valence-electron chi connectivity index (χ4n) is 6.52. The van der Waals surface area contributed by atoms with Crippen LogP contribution in [0.5, 0.6) is 0 Å². The molecular formula is C28H43N3O7. The first-order chi connectivity index (χ1) is 17.7. The third-order valence-electron chi connectivity index (χ3n) is 8.86. The average molecular weight is 534 g/mol. The van der Waals surface area contributed by atoms with E-state index < -0.39 is 47.5 Å². The molecule has 1 aliphatic heterocycles. The summed E-state index contributed by atoms with van der Waals surface area (Å²) < 4.78 is 10.1. The van der Waals surface area contributed by atoms with E-state index in [1.165, 1.54) is 0 Å². The van der Waals surface area contributed by atoms with Crippen LogP contribution in [-0.2, 0) is 28.7 Å². The zero-order valence-corrected chi connectivity index (χ0v) is 23.5. The lowest BCUT2D eigenvalue weighted by molar-refractivity contribution is -0.153. The van der Waals surface area contributed by atoms with Gasteiger partial charge < -0.3 is 25.0 Å². The maximum atomic E-state index is 14.0. The van der Waals surface area contributed by atoms with Crippen molar-refractivity contribution in [3.8, 4) is 0 Å². The zero-order chi connectivity index (χ0) is 28.0. The molecule has 3 saturated carbocycles. The second-order valence-corrected chi connectivity index (χ2v) is 13.2. The minimum absolute atomic E-state index is 0.0350. The summed E-state index contributed by atoms with van der Waals surface area (Å²) in [5.41, 5.74) is -0.837. The van der Waals surface area contributed by atoms with Crippen LogP contribution in [0.25, 0.3) is 0 Å². The summed E-state index contributed by atoms with van der Waals surface area (Å²) in [6.07, 6.45) is 5.21. The summed E-state index contributed by atoms with van der Waals surface area (Å²) >= 11 is 0. The van der Waals surface area contributed by atoms with E-state index in [1.54, 1.807) is 25.7 Å². The molecule has 38 heavy (non-hydrogen) atoms. The molecular weight excluding hydrogens is 490 g/mol. The molecule has 0 radical (unpaired) electrons. The van der Waals surface area contributed by atoms with Gasteiger partial charge in [-0.2, -0.15) is 0 Å². The number of nitrogens with one attached hydrogen (secondary N) is 2. The van der Waals surface area contributed by atoms with Crippen LogP contribution in [0, 0.1) is 29.1 Å². The van der Waals surface area contributed by atoms with Crippen LogP contribution in [0.15, 0.2) is 0 Å². The van der Waals surface area contributed by atoms with Crippen molar-refractivity contribution in [1.29, 1.82) is 0 Å². The predicted octanol–water partition coefficient (Wildman–Crippen LogP) is 2.58. The van der Waals surface area contributed by atoms with Gasteiger partial charge in [0.1, 0.15) is 17.7 Å². The van der Waals surface area contributed by atoms with Crippen molar-refractivity contribution in [1.82, 2.24) is 15.5 Å². The second-order valence-electron chi connectivity index (χ2n) is 13.2. The molecule has 2 N–H and O–H groups in total. The number of alkyl carbamates (subject to hydrolysis) is 1. The standard InChI is InChI=1S/C28H43N3O7/c1-27(2,3)38-26(36)30-20(16-9-7-8-10-16)24(34)31-14-17-19(28(17,4)5)21(31)23(33)29-18(13-15-11-12-15)22(32)25(35)37-6/h15-21H,7-14H2,1-6H3,(H,29,33)(H,30,36). The lowest BCUT2D eigenvalue weighted by Gasteiger charge is -2.35. The van der Waals surface area contributed by atoms with Gasteiger partial charge in [0.15, 0.2) is 0 Å². The molecule has 4 aliphatic rings. The molecule has 0 aromatic rings. The molecule has 4 rings (SSSR count). The maximum Gasteiger partial charge on any atom is 0.408 e. The van der Waals surface area contributed by atoms with Gasteiger partial charge in [-0.15, -0.1) is 0 Å². The molecule has 1 saturated heterocycles. The van der Waals surface area contributed by atoms with Crippen molar-refractivity contribution in [2.24, 2.45) is 29.1 Å². The van der Waals surface area contributed by atoms with E-state index in [4.69, 9.17) is 4.74 Å². The van der Waals surface area contributed by atoms with Crippen molar-refractivity contribution >= 4 is 29.7 Å². The number of ketones is 1. The molecule has 10 heteroatoms. The topological polar surface area (TPSA) is 131 Å². The van der Waals surface area contributed by atoms with Crippen LogP contribution >= 0.6 is 0 Å². The van der Waals surface area contributed by atoms with E-state index in [-0.39, 0.29) is 35.0 Å². The first kappa shape index (κ1) is 28.4. The number of piperidine rings is 1. The number of nitrogens with zero attached hydrogens (tertiary/aromatic N) is 1. The number of hydrogen-bond donors (Lipinski definition) is 2. The molecule has 0 spiro atoms. The normalized spacial score (nSPS) is 27.6. The Balaban J connectivity index is 1.54. The highest BCUT2D eigenvalue weighted by molar-refractivity contribution is 6.36. The third kappa shape index (κ3) is 5.99. The van der Waals surface area contributed by atoms with Crippen molar-refractivity contribution in [2.45, 2.75) is 103 Å². The Bertz CT molecular complexity index is 977. The Kier molecular flexibility index (Phi) is 7.83. The van der Waals surface area contributed by atoms with E-state index in [2.05, 4.69) is 29.2 Å². The Labute approximate surface area is 224 Å². The van der Waals surface area contributed by atoms with Crippen LogP contribution < -0.4 is 10.6 Å².